The van der Waals surface area contributed by atoms with Crippen molar-refractivity contribution in [2.45, 2.75) is 13.8 Å². The maximum absolute atomic E-state index is 12.6. The molecule has 7 nitrogen and oxygen atoms in total. The largest absolute Gasteiger partial charge is 0.422 e. The number of hydrogen-bond donors (Lipinski definition) is 2. The van der Waals surface area contributed by atoms with Crippen LogP contribution in [0.4, 0.5) is 0 Å². The van der Waals surface area contributed by atoms with E-state index in [2.05, 4.69) is 31.8 Å². The van der Waals surface area contributed by atoms with Gasteiger partial charge >= 0.3 is 5.97 Å². The molecule has 2 amide bonds. The van der Waals surface area contributed by atoms with Crippen LogP contribution >= 0.6 is 15.9 Å². The number of carbonyl (C=O) groups is 3. The zero-order valence-electron chi connectivity index (χ0n) is 18.1. The fourth-order valence-corrected chi connectivity index (χ4v) is 3.35. The minimum atomic E-state index is -0.498. The van der Waals surface area contributed by atoms with E-state index in [1.54, 1.807) is 42.5 Å². The van der Waals surface area contributed by atoms with E-state index in [0.717, 1.165) is 15.6 Å². The van der Waals surface area contributed by atoms with Crippen molar-refractivity contribution in [1.82, 2.24) is 10.7 Å². The molecular formula is C25H22BrN3O4. The Morgan fingerprint density at radius 1 is 0.939 bits per heavy atom. The second-order valence-corrected chi connectivity index (χ2v) is 8.09. The number of benzene rings is 3. The van der Waals surface area contributed by atoms with Crippen LogP contribution in [0.1, 0.15) is 37.4 Å². The molecule has 168 valence electrons. The maximum Gasteiger partial charge on any atom is 0.343 e. The summed E-state index contributed by atoms with van der Waals surface area (Å²) in [4.78, 5) is 36.8. The lowest BCUT2D eigenvalue weighted by Crippen LogP contribution is -2.35. The van der Waals surface area contributed by atoms with Crippen molar-refractivity contribution in [2.24, 2.45) is 5.10 Å². The summed E-state index contributed by atoms with van der Waals surface area (Å²) in [5.41, 5.74) is 5.41. The quantitative estimate of drug-likeness (QED) is 0.217. The van der Waals surface area contributed by atoms with Gasteiger partial charge in [0.1, 0.15) is 5.75 Å². The summed E-state index contributed by atoms with van der Waals surface area (Å²) in [7, 11) is 0. The summed E-state index contributed by atoms with van der Waals surface area (Å²) in [6, 6.07) is 19.3. The molecule has 3 rings (SSSR count). The van der Waals surface area contributed by atoms with Gasteiger partial charge in [-0.15, -0.1) is 0 Å². The number of carbonyl (C=O) groups excluding carboxylic acids is 3. The van der Waals surface area contributed by atoms with Gasteiger partial charge in [0.15, 0.2) is 0 Å². The van der Waals surface area contributed by atoms with Crippen LogP contribution in [0, 0.1) is 13.8 Å². The first-order chi connectivity index (χ1) is 15.8. The molecule has 8 heteroatoms. The average molecular weight is 508 g/mol. The Bertz CT molecular complexity index is 1220. The Hall–Kier alpha value is -3.78. The molecule has 0 aliphatic carbocycles. The zero-order valence-corrected chi connectivity index (χ0v) is 19.7. The molecule has 33 heavy (non-hydrogen) atoms. The third-order valence-electron chi connectivity index (χ3n) is 4.73. The van der Waals surface area contributed by atoms with Crippen LogP contribution in [0.3, 0.4) is 0 Å². The summed E-state index contributed by atoms with van der Waals surface area (Å²) in [6.07, 6.45) is 1.37. The molecule has 0 aliphatic heterocycles. The van der Waals surface area contributed by atoms with Crippen molar-refractivity contribution in [3.63, 3.8) is 0 Å². The molecule has 0 spiro atoms. The minimum Gasteiger partial charge on any atom is -0.422 e. The smallest absolute Gasteiger partial charge is 0.343 e. The van der Waals surface area contributed by atoms with Gasteiger partial charge in [-0.2, -0.15) is 5.10 Å². The van der Waals surface area contributed by atoms with Crippen LogP contribution in [0.5, 0.6) is 5.75 Å². The van der Waals surface area contributed by atoms with Crippen molar-refractivity contribution in [2.75, 3.05) is 6.54 Å². The maximum atomic E-state index is 12.6. The van der Waals surface area contributed by atoms with Crippen LogP contribution in [-0.4, -0.2) is 30.5 Å². The number of halogens is 1. The van der Waals surface area contributed by atoms with Crippen LogP contribution < -0.4 is 15.5 Å². The van der Waals surface area contributed by atoms with Crippen molar-refractivity contribution in [1.29, 1.82) is 0 Å². The molecule has 2 N–H and O–H groups in total. The Kier molecular flexibility index (Phi) is 8.10. The summed E-state index contributed by atoms with van der Waals surface area (Å²) < 4.78 is 6.29. The van der Waals surface area contributed by atoms with E-state index in [0.29, 0.717) is 16.7 Å². The summed E-state index contributed by atoms with van der Waals surface area (Å²) in [5.74, 6) is -1.04. The molecule has 0 heterocycles. The minimum absolute atomic E-state index is 0.238. The molecule has 0 unspecified atom stereocenters. The van der Waals surface area contributed by atoms with Gasteiger partial charge in [0.05, 0.1) is 18.3 Å². The van der Waals surface area contributed by atoms with Crippen molar-refractivity contribution in [3.05, 3.63) is 99.0 Å². The molecule has 0 bridgehead atoms. The number of esters is 1. The van der Waals surface area contributed by atoms with Crippen LogP contribution in [-0.2, 0) is 4.79 Å². The van der Waals surface area contributed by atoms with Gasteiger partial charge in [-0.1, -0.05) is 52.3 Å². The summed E-state index contributed by atoms with van der Waals surface area (Å²) >= 11 is 3.37. The number of amides is 2. The van der Waals surface area contributed by atoms with E-state index in [1.807, 2.05) is 38.1 Å². The second kappa shape index (κ2) is 11.2. The predicted octanol–water partition coefficient (Wildman–Crippen LogP) is 4.17. The van der Waals surface area contributed by atoms with Crippen molar-refractivity contribution >= 4 is 39.9 Å². The van der Waals surface area contributed by atoms with Gasteiger partial charge in [-0.25, -0.2) is 10.2 Å². The SMILES string of the molecule is Cc1ccccc1C(=O)NCC(=O)NN=Cc1cc(Br)ccc1OC(=O)c1ccccc1C. The highest BCUT2D eigenvalue weighted by atomic mass is 79.9. The monoisotopic (exact) mass is 507 g/mol. The molecule has 3 aromatic rings. The fourth-order valence-electron chi connectivity index (χ4n) is 2.97. The topological polar surface area (TPSA) is 96.9 Å². The Morgan fingerprint density at radius 2 is 1.58 bits per heavy atom. The molecule has 0 saturated heterocycles. The molecular weight excluding hydrogens is 486 g/mol. The average Bonchev–Trinajstić information content (AvgIpc) is 2.79. The van der Waals surface area contributed by atoms with Gasteiger partial charge in [-0.3, -0.25) is 9.59 Å². The van der Waals surface area contributed by atoms with Gasteiger partial charge in [0.2, 0.25) is 0 Å². The third kappa shape index (κ3) is 6.60. The normalized spacial score (nSPS) is 10.6. The number of hydrogen-bond acceptors (Lipinski definition) is 5. The van der Waals surface area contributed by atoms with Gasteiger partial charge in [0, 0.05) is 15.6 Å². The number of aryl methyl sites for hydroxylation is 2. The highest BCUT2D eigenvalue weighted by Gasteiger charge is 2.14. The lowest BCUT2D eigenvalue weighted by Gasteiger charge is -2.09. The third-order valence-corrected chi connectivity index (χ3v) is 5.22. The summed E-state index contributed by atoms with van der Waals surface area (Å²) in [6.45, 7) is 3.41. The molecule has 0 atom stereocenters. The second-order valence-electron chi connectivity index (χ2n) is 7.18. The number of hydrazone groups is 1. The molecule has 0 fully saturated rings. The molecule has 0 aromatic heterocycles. The first-order valence-corrected chi connectivity index (χ1v) is 10.9. The molecule has 0 radical (unpaired) electrons. The van der Waals surface area contributed by atoms with Gasteiger partial charge in [-0.05, 0) is 55.3 Å². The highest BCUT2D eigenvalue weighted by Crippen LogP contribution is 2.23. The van der Waals surface area contributed by atoms with Crippen molar-refractivity contribution < 1.29 is 19.1 Å². The number of ether oxygens (including phenoxy) is 1. The van der Waals surface area contributed by atoms with E-state index in [-0.39, 0.29) is 18.2 Å². The van der Waals surface area contributed by atoms with Crippen LogP contribution in [0.15, 0.2) is 76.3 Å². The fraction of sp³-hybridized carbons (Fsp3) is 0.120. The first-order valence-electron chi connectivity index (χ1n) is 10.1. The number of nitrogens with zero attached hydrogens (tertiary/aromatic N) is 1. The Labute approximate surface area is 200 Å². The Morgan fingerprint density at radius 3 is 2.24 bits per heavy atom. The number of nitrogens with one attached hydrogen (secondary N) is 2. The van der Waals surface area contributed by atoms with Crippen LogP contribution in [0.25, 0.3) is 0 Å². The summed E-state index contributed by atoms with van der Waals surface area (Å²) in [5, 5.41) is 6.48. The van der Waals surface area contributed by atoms with Crippen LogP contribution in [0.2, 0.25) is 0 Å². The van der Waals surface area contributed by atoms with E-state index >= 15 is 0 Å². The van der Waals surface area contributed by atoms with E-state index < -0.39 is 11.9 Å². The Balaban J connectivity index is 1.61. The standard InChI is InChI=1S/C25H22BrN3O4/c1-16-7-3-5-9-20(16)24(31)27-15-23(30)29-28-14-18-13-19(26)11-12-22(18)33-25(32)21-10-6-4-8-17(21)2/h3-14H,15H2,1-2H3,(H,27,31)(H,29,30). The molecule has 0 saturated carbocycles. The van der Waals surface area contributed by atoms with E-state index in [9.17, 15) is 14.4 Å². The number of rotatable bonds is 7. The highest BCUT2D eigenvalue weighted by molar-refractivity contribution is 9.10. The van der Waals surface area contributed by atoms with E-state index in [4.69, 9.17) is 4.74 Å². The van der Waals surface area contributed by atoms with Gasteiger partial charge < -0.3 is 10.1 Å². The first kappa shape index (κ1) is 23.9. The molecule has 0 aliphatic rings. The molecule has 3 aromatic carbocycles. The zero-order chi connectivity index (χ0) is 23.8. The van der Waals surface area contributed by atoms with Gasteiger partial charge in [0.25, 0.3) is 11.8 Å². The van der Waals surface area contributed by atoms with E-state index in [1.165, 1.54) is 6.21 Å². The lowest BCUT2D eigenvalue weighted by atomic mass is 10.1. The predicted molar refractivity (Wildman–Crippen MR) is 130 cm³/mol. The lowest BCUT2D eigenvalue weighted by molar-refractivity contribution is -0.120. The van der Waals surface area contributed by atoms with Crippen molar-refractivity contribution in [3.8, 4) is 5.75 Å².